The zero-order chi connectivity index (χ0) is 23.7. The van der Waals surface area contributed by atoms with Gasteiger partial charge in [-0.15, -0.1) is 0 Å². The molecule has 0 atom stereocenters. The van der Waals surface area contributed by atoms with Crippen LogP contribution < -0.4 is 5.32 Å². The lowest BCUT2D eigenvalue weighted by atomic mass is 9.97. The van der Waals surface area contributed by atoms with Gasteiger partial charge < -0.3 is 10.1 Å². The number of pyridine rings is 1. The molecule has 1 heterocycles. The monoisotopic (exact) mass is 526 g/mol. The maximum absolute atomic E-state index is 14.7. The highest BCUT2D eigenvalue weighted by Gasteiger charge is 2.23. The number of ether oxygens (including phenoxy) is 1. The van der Waals surface area contributed by atoms with Crippen molar-refractivity contribution in [3.63, 3.8) is 0 Å². The van der Waals surface area contributed by atoms with E-state index >= 15 is 0 Å². The molecule has 33 heavy (non-hydrogen) atoms. The van der Waals surface area contributed by atoms with Crippen molar-refractivity contribution in [3.8, 4) is 11.3 Å². The van der Waals surface area contributed by atoms with E-state index in [-0.39, 0.29) is 16.8 Å². The van der Waals surface area contributed by atoms with Gasteiger partial charge in [0.05, 0.1) is 40.2 Å². The zero-order valence-electron chi connectivity index (χ0n) is 17.6. The van der Waals surface area contributed by atoms with Gasteiger partial charge in [0.15, 0.2) is 0 Å². The Hall–Kier alpha value is -3.29. The summed E-state index contributed by atoms with van der Waals surface area (Å²) in [5.41, 5.74) is 2.81. The van der Waals surface area contributed by atoms with Crippen molar-refractivity contribution in [1.29, 1.82) is 0 Å². The van der Waals surface area contributed by atoms with Gasteiger partial charge in [-0.3, -0.25) is 4.79 Å². The quantitative estimate of drug-likeness (QED) is 0.296. The Morgan fingerprint density at radius 1 is 1.09 bits per heavy atom. The summed E-state index contributed by atoms with van der Waals surface area (Å²) in [4.78, 5) is 29.8. The maximum atomic E-state index is 14.7. The highest BCUT2D eigenvalue weighted by Crippen LogP contribution is 2.37. The van der Waals surface area contributed by atoms with Gasteiger partial charge in [0.1, 0.15) is 5.82 Å². The van der Waals surface area contributed by atoms with Gasteiger partial charge in [-0.05, 0) is 58.7 Å². The Balaban J connectivity index is 1.87. The van der Waals surface area contributed by atoms with Crippen molar-refractivity contribution in [2.24, 2.45) is 0 Å². The summed E-state index contributed by atoms with van der Waals surface area (Å²) in [6.45, 7) is 1.78. The number of methoxy groups -OCH3 is 1. The number of benzene rings is 3. The number of hydrogen-bond acceptors (Lipinski definition) is 4. The van der Waals surface area contributed by atoms with Crippen LogP contribution in [0.4, 0.5) is 10.1 Å². The number of halogens is 3. The third-order valence-corrected chi connectivity index (χ3v) is 6.48. The Labute approximate surface area is 202 Å². The molecule has 0 aliphatic rings. The summed E-state index contributed by atoms with van der Waals surface area (Å²) in [5, 5.41) is 3.38. The van der Waals surface area contributed by atoms with Crippen LogP contribution in [0.3, 0.4) is 0 Å². The molecule has 0 radical (unpaired) electrons. The Morgan fingerprint density at radius 3 is 2.48 bits per heavy atom. The molecule has 4 rings (SSSR count). The normalized spacial score (nSPS) is 10.8. The molecular weight excluding hydrogens is 511 g/mol. The van der Waals surface area contributed by atoms with E-state index < -0.39 is 17.7 Å². The second-order valence-corrected chi connectivity index (χ2v) is 8.45. The van der Waals surface area contributed by atoms with E-state index in [9.17, 15) is 14.0 Å². The molecule has 0 unspecified atom stereocenters. The fourth-order valence-electron chi connectivity index (χ4n) is 3.59. The number of anilines is 1. The van der Waals surface area contributed by atoms with Crippen molar-refractivity contribution in [2.75, 3.05) is 12.4 Å². The predicted molar refractivity (Wildman–Crippen MR) is 130 cm³/mol. The van der Waals surface area contributed by atoms with Crippen LogP contribution in [0.25, 0.3) is 22.2 Å². The smallest absolute Gasteiger partial charge is 0.337 e. The van der Waals surface area contributed by atoms with Crippen LogP contribution in [-0.2, 0) is 4.74 Å². The molecule has 0 spiro atoms. The average molecular weight is 528 g/mol. The maximum Gasteiger partial charge on any atom is 0.337 e. The molecule has 0 saturated carbocycles. The van der Waals surface area contributed by atoms with Crippen molar-refractivity contribution < 1.29 is 18.7 Å². The van der Waals surface area contributed by atoms with Crippen LogP contribution in [0.15, 0.2) is 65.1 Å². The van der Waals surface area contributed by atoms with Crippen LogP contribution in [0.1, 0.15) is 26.3 Å². The van der Waals surface area contributed by atoms with E-state index in [1.54, 1.807) is 19.1 Å². The topological polar surface area (TPSA) is 68.3 Å². The lowest BCUT2D eigenvalue weighted by molar-refractivity contribution is 0.0600. The third-order valence-electron chi connectivity index (χ3n) is 5.20. The number of carbonyl (C=O) groups is 2. The van der Waals surface area contributed by atoms with Crippen molar-refractivity contribution in [2.45, 2.75) is 6.92 Å². The van der Waals surface area contributed by atoms with Gasteiger partial charge in [0, 0.05) is 15.4 Å². The standard InChI is InChI=1S/C25H17BrClFN2O3/c1-13-20(24(31)30-18-10-8-15(12-17(18)28)25(32)33-2)21-19(11-9-16(26)22(21)27)29-23(13)14-6-4-3-5-7-14/h3-12H,1-2H3,(H,30,31). The number of carbonyl (C=O) groups excluding carboxylic acids is 2. The largest absolute Gasteiger partial charge is 0.465 e. The van der Waals surface area contributed by atoms with E-state index in [1.165, 1.54) is 19.2 Å². The van der Waals surface area contributed by atoms with E-state index in [0.29, 0.717) is 31.7 Å². The molecule has 5 nitrogen and oxygen atoms in total. The van der Waals surface area contributed by atoms with E-state index in [4.69, 9.17) is 16.6 Å². The second kappa shape index (κ2) is 9.29. The molecule has 166 valence electrons. The molecule has 1 amide bonds. The average Bonchev–Trinajstić information content (AvgIpc) is 2.82. The molecular formula is C25H17BrClFN2O3. The number of hydrogen-bond donors (Lipinski definition) is 1. The first kappa shape index (κ1) is 22.9. The van der Waals surface area contributed by atoms with Crippen LogP contribution >= 0.6 is 27.5 Å². The lowest BCUT2D eigenvalue weighted by Crippen LogP contribution is -2.17. The number of fused-ring (bicyclic) bond motifs is 1. The Bertz CT molecular complexity index is 1410. The number of esters is 1. The van der Waals surface area contributed by atoms with Crippen LogP contribution in [0.2, 0.25) is 5.02 Å². The predicted octanol–water partition coefficient (Wildman–Crippen LogP) is 6.80. The van der Waals surface area contributed by atoms with Crippen molar-refractivity contribution >= 4 is 56.0 Å². The van der Waals surface area contributed by atoms with E-state index in [2.05, 4.69) is 26.0 Å². The first-order valence-electron chi connectivity index (χ1n) is 9.84. The molecule has 0 aliphatic carbocycles. The fraction of sp³-hybridized carbons (Fsp3) is 0.0800. The molecule has 8 heteroatoms. The summed E-state index contributed by atoms with van der Waals surface area (Å²) in [5.74, 6) is -1.99. The van der Waals surface area contributed by atoms with Crippen LogP contribution in [-0.4, -0.2) is 24.0 Å². The van der Waals surface area contributed by atoms with E-state index in [1.807, 2.05) is 30.3 Å². The molecule has 0 bridgehead atoms. The summed E-state index contributed by atoms with van der Waals surface area (Å²) in [7, 11) is 1.21. The van der Waals surface area contributed by atoms with E-state index in [0.717, 1.165) is 11.6 Å². The molecule has 0 aliphatic heterocycles. The number of nitrogens with one attached hydrogen (secondary N) is 1. The highest BCUT2D eigenvalue weighted by molar-refractivity contribution is 9.10. The first-order chi connectivity index (χ1) is 15.8. The molecule has 3 aromatic carbocycles. The minimum Gasteiger partial charge on any atom is -0.465 e. The number of amides is 1. The number of rotatable bonds is 4. The van der Waals surface area contributed by atoms with Crippen LogP contribution in [0, 0.1) is 12.7 Å². The van der Waals surface area contributed by atoms with Gasteiger partial charge in [0.2, 0.25) is 0 Å². The first-order valence-corrected chi connectivity index (χ1v) is 11.0. The third kappa shape index (κ3) is 4.34. The number of aromatic nitrogens is 1. The Kier molecular flexibility index (Phi) is 6.44. The minimum absolute atomic E-state index is 0.0388. The molecule has 1 aromatic heterocycles. The zero-order valence-corrected chi connectivity index (χ0v) is 19.9. The number of nitrogens with zero attached hydrogens (tertiary/aromatic N) is 1. The second-order valence-electron chi connectivity index (χ2n) is 7.22. The molecule has 0 saturated heterocycles. The summed E-state index contributed by atoms with van der Waals surface area (Å²) in [6, 6.07) is 16.7. The lowest BCUT2D eigenvalue weighted by Gasteiger charge is -2.16. The van der Waals surface area contributed by atoms with Gasteiger partial charge >= 0.3 is 5.97 Å². The van der Waals surface area contributed by atoms with Crippen molar-refractivity contribution in [3.05, 3.63) is 92.7 Å². The van der Waals surface area contributed by atoms with Crippen LogP contribution in [0.5, 0.6) is 0 Å². The Morgan fingerprint density at radius 2 is 1.82 bits per heavy atom. The minimum atomic E-state index is -0.766. The van der Waals surface area contributed by atoms with Crippen molar-refractivity contribution in [1.82, 2.24) is 4.98 Å². The summed E-state index contributed by atoms with van der Waals surface area (Å²) >= 11 is 9.96. The highest BCUT2D eigenvalue weighted by atomic mass is 79.9. The summed E-state index contributed by atoms with van der Waals surface area (Å²) < 4.78 is 19.9. The van der Waals surface area contributed by atoms with Gasteiger partial charge in [-0.2, -0.15) is 0 Å². The SMILES string of the molecule is COC(=O)c1ccc(NC(=O)c2c(C)c(-c3ccccc3)nc3ccc(Br)c(Cl)c23)c(F)c1. The van der Waals surface area contributed by atoms with Gasteiger partial charge in [-0.1, -0.05) is 41.9 Å². The summed E-state index contributed by atoms with van der Waals surface area (Å²) in [6.07, 6.45) is 0. The molecule has 0 fully saturated rings. The molecule has 1 N–H and O–H groups in total. The van der Waals surface area contributed by atoms with Gasteiger partial charge in [-0.25, -0.2) is 14.2 Å². The molecule has 4 aromatic rings. The van der Waals surface area contributed by atoms with Gasteiger partial charge in [0.25, 0.3) is 5.91 Å². The fourth-order valence-corrected chi connectivity index (χ4v) is 4.17.